The van der Waals surface area contributed by atoms with Gasteiger partial charge >= 0.3 is 0 Å². The van der Waals surface area contributed by atoms with E-state index in [0.717, 1.165) is 22.7 Å². The topological polar surface area (TPSA) is 8.17 Å². The number of fused-ring (bicyclic) bond motifs is 3. The Bertz CT molecular complexity index is 2510. The smallest absolute Gasteiger partial charge is 0.0547 e. The summed E-state index contributed by atoms with van der Waals surface area (Å²) in [7, 11) is 0. The summed E-state index contributed by atoms with van der Waals surface area (Å²) in [5, 5.41) is 2.51. The molecule has 0 amide bonds. The molecule has 9 aromatic rings. The SMILES string of the molecule is c1ccc(-c2ccc3c(c2)c2ccc(-c4ccc(-c5cccc(N(c6ccccc6)c6ccccc6)c5)cc4)cc2n3-c2ccccc2)cc1. The first kappa shape index (κ1) is 29.5. The van der Waals surface area contributed by atoms with E-state index in [1.807, 2.05) is 0 Å². The lowest BCUT2D eigenvalue weighted by Crippen LogP contribution is -2.09. The van der Waals surface area contributed by atoms with Crippen molar-refractivity contribution in [3.63, 3.8) is 0 Å². The summed E-state index contributed by atoms with van der Waals surface area (Å²) < 4.78 is 2.40. The third-order valence-corrected chi connectivity index (χ3v) is 9.57. The van der Waals surface area contributed by atoms with Gasteiger partial charge < -0.3 is 9.47 Å². The number of nitrogens with zero attached hydrogens (tertiary/aromatic N) is 2. The molecule has 1 aromatic heterocycles. The molecule has 0 aliphatic heterocycles. The maximum absolute atomic E-state index is 2.40. The summed E-state index contributed by atoms with van der Waals surface area (Å²) in [4.78, 5) is 2.31. The van der Waals surface area contributed by atoms with E-state index in [9.17, 15) is 0 Å². The van der Waals surface area contributed by atoms with Gasteiger partial charge in [-0.15, -0.1) is 0 Å². The normalized spacial score (nSPS) is 11.2. The number of hydrogen-bond donors (Lipinski definition) is 0. The number of anilines is 3. The van der Waals surface area contributed by atoms with Crippen molar-refractivity contribution in [2.24, 2.45) is 0 Å². The van der Waals surface area contributed by atoms with E-state index in [1.54, 1.807) is 0 Å². The van der Waals surface area contributed by atoms with Crippen molar-refractivity contribution in [3.05, 3.63) is 206 Å². The quantitative estimate of drug-likeness (QED) is 0.169. The molecule has 0 aliphatic rings. The molecule has 0 bridgehead atoms. The Balaban J connectivity index is 1.10. The zero-order valence-electron chi connectivity index (χ0n) is 27.5. The molecule has 0 saturated heterocycles. The van der Waals surface area contributed by atoms with Gasteiger partial charge in [0.2, 0.25) is 0 Å². The number of aromatic nitrogens is 1. The molecule has 0 fully saturated rings. The minimum Gasteiger partial charge on any atom is -0.310 e. The van der Waals surface area contributed by atoms with Crippen molar-refractivity contribution in [1.82, 2.24) is 4.57 Å². The molecular formula is C48H34N2. The van der Waals surface area contributed by atoms with E-state index in [-0.39, 0.29) is 0 Å². The molecule has 0 spiro atoms. The van der Waals surface area contributed by atoms with Gasteiger partial charge in [0, 0.05) is 33.5 Å². The summed E-state index contributed by atoms with van der Waals surface area (Å²) in [6.45, 7) is 0. The highest BCUT2D eigenvalue weighted by molar-refractivity contribution is 6.11. The fourth-order valence-corrected chi connectivity index (χ4v) is 7.15. The maximum Gasteiger partial charge on any atom is 0.0547 e. The molecule has 236 valence electrons. The van der Waals surface area contributed by atoms with E-state index < -0.39 is 0 Å². The number of benzene rings is 8. The maximum atomic E-state index is 2.40. The monoisotopic (exact) mass is 638 g/mol. The van der Waals surface area contributed by atoms with E-state index in [0.29, 0.717) is 0 Å². The van der Waals surface area contributed by atoms with Gasteiger partial charge in [0.1, 0.15) is 0 Å². The average Bonchev–Trinajstić information content (AvgIpc) is 3.53. The van der Waals surface area contributed by atoms with Crippen LogP contribution in [0.4, 0.5) is 17.1 Å². The molecule has 8 aromatic carbocycles. The van der Waals surface area contributed by atoms with Crippen LogP contribution < -0.4 is 4.90 Å². The predicted molar refractivity (Wildman–Crippen MR) is 212 cm³/mol. The van der Waals surface area contributed by atoms with Crippen LogP contribution in [0.3, 0.4) is 0 Å². The predicted octanol–water partition coefficient (Wildman–Crippen LogP) is 13.3. The molecule has 1 heterocycles. The van der Waals surface area contributed by atoms with Crippen molar-refractivity contribution in [2.45, 2.75) is 0 Å². The van der Waals surface area contributed by atoms with Crippen LogP contribution >= 0.6 is 0 Å². The molecule has 0 aliphatic carbocycles. The number of hydrogen-bond acceptors (Lipinski definition) is 1. The van der Waals surface area contributed by atoms with E-state index in [1.165, 1.54) is 55.2 Å². The van der Waals surface area contributed by atoms with Crippen LogP contribution in [0, 0.1) is 0 Å². The van der Waals surface area contributed by atoms with Crippen LogP contribution in [-0.2, 0) is 0 Å². The molecule has 0 radical (unpaired) electrons. The van der Waals surface area contributed by atoms with Crippen molar-refractivity contribution in [2.75, 3.05) is 4.90 Å². The highest BCUT2D eigenvalue weighted by Gasteiger charge is 2.16. The second-order valence-electron chi connectivity index (χ2n) is 12.6. The van der Waals surface area contributed by atoms with Crippen molar-refractivity contribution in [3.8, 4) is 39.1 Å². The lowest BCUT2D eigenvalue weighted by molar-refractivity contribution is 1.18. The molecule has 0 N–H and O–H groups in total. The zero-order valence-corrected chi connectivity index (χ0v) is 27.5. The molecule has 0 saturated carbocycles. The van der Waals surface area contributed by atoms with Gasteiger partial charge in [-0.05, 0) is 100 Å². The second kappa shape index (κ2) is 12.8. The molecule has 2 heteroatoms. The Morgan fingerprint density at radius 1 is 0.280 bits per heavy atom. The van der Waals surface area contributed by atoms with Crippen LogP contribution in [0.2, 0.25) is 0 Å². The van der Waals surface area contributed by atoms with Crippen molar-refractivity contribution in [1.29, 1.82) is 0 Å². The second-order valence-corrected chi connectivity index (χ2v) is 12.6. The first-order valence-electron chi connectivity index (χ1n) is 17.1. The molecule has 2 nitrogen and oxygen atoms in total. The molecule has 0 atom stereocenters. The van der Waals surface area contributed by atoms with Gasteiger partial charge in [-0.1, -0.05) is 140 Å². The van der Waals surface area contributed by atoms with Gasteiger partial charge in [0.15, 0.2) is 0 Å². The van der Waals surface area contributed by atoms with E-state index in [2.05, 4.69) is 216 Å². The first-order valence-corrected chi connectivity index (χ1v) is 17.1. The first-order chi connectivity index (χ1) is 24.8. The Morgan fingerprint density at radius 3 is 1.38 bits per heavy atom. The van der Waals surface area contributed by atoms with Crippen LogP contribution in [0.1, 0.15) is 0 Å². The summed E-state index contributed by atoms with van der Waals surface area (Å²) in [5.41, 5.74) is 14.2. The largest absolute Gasteiger partial charge is 0.310 e. The summed E-state index contributed by atoms with van der Waals surface area (Å²) in [5.74, 6) is 0. The van der Waals surface area contributed by atoms with E-state index in [4.69, 9.17) is 0 Å². The fraction of sp³-hybridized carbons (Fsp3) is 0. The Kier molecular flexibility index (Phi) is 7.53. The van der Waals surface area contributed by atoms with Crippen LogP contribution in [0.5, 0.6) is 0 Å². The summed E-state index contributed by atoms with van der Waals surface area (Å²) in [6, 6.07) is 74.0. The van der Waals surface area contributed by atoms with Gasteiger partial charge in [-0.3, -0.25) is 0 Å². The van der Waals surface area contributed by atoms with Crippen molar-refractivity contribution >= 4 is 38.9 Å². The fourth-order valence-electron chi connectivity index (χ4n) is 7.15. The zero-order chi connectivity index (χ0) is 33.3. The van der Waals surface area contributed by atoms with Gasteiger partial charge in [-0.25, -0.2) is 0 Å². The Hall–Kier alpha value is -6.64. The molecular weight excluding hydrogens is 605 g/mol. The third kappa shape index (κ3) is 5.43. The molecule has 9 rings (SSSR count). The molecule has 0 unspecified atom stereocenters. The van der Waals surface area contributed by atoms with Crippen LogP contribution in [-0.4, -0.2) is 4.57 Å². The van der Waals surface area contributed by atoms with Gasteiger partial charge in [-0.2, -0.15) is 0 Å². The third-order valence-electron chi connectivity index (χ3n) is 9.57. The Morgan fingerprint density at radius 2 is 0.740 bits per heavy atom. The minimum absolute atomic E-state index is 1.12. The summed E-state index contributed by atoms with van der Waals surface area (Å²) >= 11 is 0. The lowest BCUT2D eigenvalue weighted by Gasteiger charge is -2.25. The van der Waals surface area contributed by atoms with Crippen LogP contribution in [0.25, 0.3) is 60.9 Å². The highest BCUT2D eigenvalue weighted by atomic mass is 15.1. The molecule has 50 heavy (non-hydrogen) atoms. The van der Waals surface area contributed by atoms with E-state index >= 15 is 0 Å². The lowest BCUT2D eigenvalue weighted by atomic mass is 9.98. The number of para-hydroxylation sites is 3. The van der Waals surface area contributed by atoms with Gasteiger partial charge in [0.25, 0.3) is 0 Å². The minimum atomic E-state index is 1.12. The Labute approximate surface area is 292 Å². The summed E-state index contributed by atoms with van der Waals surface area (Å²) in [6.07, 6.45) is 0. The van der Waals surface area contributed by atoms with Crippen molar-refractivity contribution < 1.29 is 0 Å². The average molecular weight is 639 g/mol. The standard InChI is InChI=1S/C48H34N2/c1-5-14-35(15-6-1)39-29-31-47-46(33-39)45-30-28-40(34-48(45)50(47)43-21-11-4-12-22-43)37-26-24-36(25-27-37)38-16-13-23-44(32-38)49(41-17-7-2-8-18-41)42-19-9-3-10-20-42/h1-34H. The highest BCUT2D eigenvalue weighted by Crippen LogP contribution is 2.39. The number of rotatable bonds is 7. The van der Waals surface area contributed by atoms with Crippen LogP contribution in [0.15, 0.2) is 206 Å². The van der Waals surface area contributed by atoms with Gasteiger partial charge in [0.05, 0.1) is 11.0 Å².